The molecule has 2 rings (SSSR count). The molecule has 20 heavy (non-hydrogen) atoms. The molecule has 110 valence electrons. The topological polar surface area (TPSA) is 46.3 Å². The van der Waals surface area contributed by atoms with E-state index < -0.39 is 23.1 Å². The number of hydrogen-bond acceptors (Lipinski definition) is 2. The van der Waals surface area contributed by atoms with Crippen LogP contribution in [0.3, 0.4) is 0 Å². The lowest BCUT2D eigenvalue weighted by Gasteiger charge is -2.27. The first-order chi connectivity index (χ1) is 9.52. The van der Waals surface area contributed by atoms with Crippen LogP contribution in [-0.2, 0) is 0 Å². The number of halogens is 2. The predicted molar refractivity (Wildman–Crippen MR) is 74.4 cm³/mol. The minimum absolute atomic E-state index is 0.0465. The molecule has 0 aromatic heterocycles. The van der Waals surface area contributed by atoms with Crippen LogP contribution in [0.15, 0.2) is 12.1 Å². The van der Waals surface area contributed by atoms with Crippen molar-refractivity contribution in [2.24, 2.45) is 0 Å². The smallest absolute Gasteiger partial charge is 0.259 e. The van der Waals surface area contributed by atoms with Crippen LogP contribution in [0.4, 0.5) is 14.5 Å². The van der Waals surface area contributed by atoms with Gasteiger partial charge in [0.25, 0.3) is 5.91 Å². The fourth-order valence-corrected chi connectivity index (χ4v) is 2.75. The van der Waals surface area contributed by atoms with Gasteiger partial charge in [-0.1, -0.05) is 25.7 Å². The summed E-state index contributed by atoms with van der Waals surface area (Å²) in [5.41, 5.74) is 4.67. The van der Waals surface area contributed by atoms with E-state index in [4.69, 9.17) is 5.73 Å². The van der Waals surface area contributed by atoms with Gasteiger partial charge in [0.2, 0.25) is 0 Å². The van der Waals surface area contributed by atoms with Crippen molar-refractivity contribution < 1.29 is 13.6 Å². The molecule has 0 heterocycles. The van der Waals surface area contributed by atoms with Crippen LogP contribution in [0.5, 0.6) is 0 Å². The molecule has 1 fully saturated rings. The quantitative estimate of drug-likeness (QED) is 0.668. The Morgan fingerprint density at radius 3 is 2.40 bits per heavy atom. The van der Waals surface area contributed by atoms with Crippen LogP contribution in [0.1, 0.15) is 48.9 Å². The van der Waals surface area contributed by atoms with Gasteiger partial charge in [0.15, 0.2) is 5.82 Å². The highest BCUT2D eigenvalue weighted by molar-refractivity contribution is 5.95. The number of hydrogen-bond donors (Lipinski definition) is 1. The first kappa shape index (κ1) is 14.8. The Balaban J connectivity index is 2.24. The van der Waals surface area contributed by atoms with Gasteiger partial charge in [-0.05, 0) is 25.0 Å². The first-order valence-electron chi connectivity index (χ1n) is 7.03. The van der Waals surface area contributed by atoms with E-state index in [1.54, 1.807) is 7.05 Å². The van der Waals surface area contributed by atoms with Crippen molar-refractivity contribution in [2.75, 3.05) is 12.8 Å². The monoisotopic (exact) mass is 282 g/mol. The van der Waals surface area contributed by atoms with Gasteiger partial charge in [0.1, 0.15) is 11.4 Å². The third-order valence-corrected chi connectivity index (χ3v) is 4.03. The molecule has 0 unspecified atom stereocenters. The highest BCUT2D eigenvalue weighted by Crippen LogP contribution is 2.25. The fourth-order valence-electron chi connectivity index (χ4n) is 2.75. The average molecular weight is 282 g/mol. The molecule has 1 amide bonds. The van der Waals surface area contributed by atoms with Gasteiger partial charge in [0, 0.05) is 13.1 Å². The summed E-state index contributed by atoms with van der Waals surface area (Å²) in [4.78, 5) is 13.8. The molecule has 1 aromatic carbocycles. The Kier molecular flexibility index (Phi) is 4.57. The Bertz CT molecular complexity index is 497. The van der Waals surface area contributed by atoms with Crippen molar-refractivity contribution in [3.05, 3.63) is 29.3 Å². The number of nitrogens with zero attached hydrogens (tertiary/aromatic N) is 1. The van der Waals surface area contributed by atoms with Crippen LogP contribution in [0, 0.1) is 11.6 Å². The van der Waals surface area contributed by atoms with E-state index in [9.17, 15) is 13.6 Å². The molecule has 2 N–H and O–H groups in total. The van der Waals surface area contributed by atoms with Gasteiger partial charge < -0.3 is 10.6 Å². The lowest BCUT2D eigenvalue weighted by Crippen LogP contribution is -2.37. The van der Waals surface area contributed by atoms with Crippen molar-refractivity contribution in [1.29, 1.82) is 0 Å². The molecular weight excluding hydrogens is 262 g/mol. The maximum absolute atomic E-state index is 13.9. The third-order valence-electron chi connectivity index (χ3n) is 4.03. The second-order valence-corrected chi connectivity index (χ2v) is 5.39. The molecule has 0 radical (unpaired) electrons. The number of nitrogens with two attached hydrogens (primary N) is 1. The summed E-state index contributed by atoms with van der Waals surface area (Å²) in [6, 6.07) is 2.21. The summed E-state index contributed by atoms with van der Waals surface area (Å²) >= 11 is 0. The van der Waals surface area contributed by atoms with E-state index in [-0.39, 0.29) is 11.7 Å². The summed E-state index contributed by atoms with van der Waals surface area (Å²) in [6.07, 6.45) is 6.16. The number of carbonyl (C=O) groups is 1. The largest absolute Gasteiger partial charge is 0.396 e. The molecular formula is C15H20F2N2O. The van der Waals surface area contributed by atoms with Crippen molar-refractivity contribution in [3.8, 4) is 0 Å². The summed E-state index contributed by atoms with van der Waals surface area (Å²) in [7, 11) is 1.61. The molecule has 0 saturated heterocycles. The SMILES string of the molecule is CN(C(=O)c1c(F)ccc(N)c1F)C1CCCCCC1. The van der Waals surface area contributed by atoms with Crippen LogP contribution in [0.2, 0.25) is 0 Å². The normalized spacial score (nSPS) is 16.8. The lowest BCUT2D eigenvalue weighted by atomic mass is 10.1. The molecule has 1 aliphatic carbocycles. The number of rotatable bonds is 2. The summed E-state index contributed by atoms with van der Waals surface area (Å²) in [5, 5.41) is 0. The summed E-state index contributed by atoms with van der Waals surface area (Å²) in [6.45, 7) is 0. The number of carbonyl (C=O) groups excluding carboxylic acids is 1. The zero-order chi connectivity index (χ0) is 14.7. The van der Waals surface area contributed by atoms with Gasteiger partial charge in [-0.25, -0.2) is 8.78 Å². The van der Waals surface area contributed by atoms with E-state index in [0.29, 0.717) is 0 Å². The van der Waals surface area contributed by atoms with E-state index in [2.05, 4.69) is 0 Å². The molecule has 1 aromatic rings. The summed E-state index contributed by atoms with van der Waals surface area (Å²) < 4.78 is 27.7. The van der Waals surface area contributed by atoms with E-state index in [0.717, 1.165) is 50.7 Å². The van der Waals surface area contributed by atoms with E-state index in [1.165, 1.54) is 4.90 Å². The summed E-state index contributed by atoms with van der Waals surface area (Å²) in [5.74, 6) is -2.45. The van der Waals surface area contributed by atoms with Crippen molar-refractivity contribution in [3.63, 3.8) is 0 Å². The molecule has 1 aliphatic rings. The predicted octanol–water partition coefficient (Wildman–Crippen LogP) is 3.34. The van der Waals surface area contributed by atoms with Gasteiger partial charge in [-0.3, -0.25) is 4.79 Å². The van der Waals surface area contributed by atoms with Crippen LogP contribution >= 0.6 is 0 Å². The lowest BCUT2D eigenvalue weighted by molar-refractivity contribution is 0.0708. The fraction of sp³-hybridized carbons (Fsp3) is 0.533. The molecule has 0 spiro atoms. The van der Waals surface area contributed by atoms with Gasteiger partial charge >= 0.3 is 0 Å². The van der Waals surface area contributed by atoms with Crippen molar-refractivity contribution >= 4 is 11.6 Å². The van der Waals surface area contributed by atoms with E-state index >= 15 is 0 Å². The highest BCUT2D eigenvalue weighted by atomic mass is 19.1. The number of anilines is 1. The number of benzene rings is 1. The van der Waals surface area contributed by atoms with Gasteiger partial charge in [-0.2, -0.15) is 0 Å². The van der Waals surface area contributed by atoms with Crippen LogP contribution in [-0.4, -0.2) is 23.9 Å². The Morgan fingerprint density at radius 2 is 1.80 bits per heavy atom. The zero-order valence-electron chi connectivity index (χ0n) is 11.7. The van der Waals surface area contributed by atoms with Crippen LogP contribution in [0.25, 0.3) is 0 Å². The third kappa shape index (κ3) is 2.92. The first-order valence-corrected chi connectivity index (χ1v) is 7.03. The Labute approximate surface area is 117 Å². The molecule has 5 heteroatoms. The minimum Gasteiger partial charge on any atom is -0.396 e. The number of nitrogen functional groups attached to an aromatic ring is 1. The Morgan fingerprint density at radius 1 is 1.20 bits per heavy atom. The maximum atomic E-state index is 13.9. The molecule has 0 aliphatic heterocycles. The standard InChI is InChI=1S/C15H20F2N2O/c1-19(10-6-4-2-3-5-7-10)15(20)13-11(16)8-9-12(18)14(13)17/h8-10H,2-7,18H2,1H3. The maximum Gasteiger partial charge on any atom is 0.259 e. The molecule has 1 saturated carbocycles. The van der Waals surface area contributed by atoms with Crippen molar-refractivity contribution in [1.82, 2.24) is 4.90 Å². The van der Waals surface area contributed by atoms with Gasteiger partial charge in [-0.15, -0.1) is 0 Å². The highest BCUT2D eigenvalue weighted by Gasteiger charge is 2.27. The average Bonchev–Trinajstić information content (AvgIpc) is 2.71. The second kappa shape index (κ2) is 6.20. The number of amides is 1. The molecule has 3 nitrogen and oxygen atoms in total. The molecule has 0 bridgehead atoms. The van der Waals surface area contributed by atoms with Crippen LogP contribution < -0.4 is 5.73 Å². The van der Waals surface area contributed by atoms with E-state index in [1.807, 2.05) is 0 Å². The zero-order valence-corrected chi connectivity index (χ0v) is 11.7. The van der Waals surface area contributed by atoms with Crippen molar-refractivity contribution in [2.45, 2.75) is 44.6 Å². The molecule has 0 atom stereocenters. The minimum atomic E-state index is -0.963. The Hall–Kier alpha value is -1.65. The van der Waals surface area contributed by atoms with Gasteiger partial charge in [0.05, 0.1) is 5.69 Å². The second-order valence-electron chi connectivity index (χ2n) is 5.39.